The third-order valence-electron chi connectivity index (χ3n) is 5.35. The molecule has 2 aliphatic heterocycles. The van der Waals surface area contributed by atoms with Gasteiger partial charge in [0.1, 0.15) is 5.82 Å². The highest BCUT2D eigenvalue weighted by atomic mass is 16.2. The van der Waals surface area contributed by atoms with Gasteiger partial charge in [-0.1, -0.05) is 32.0 Å². The van der Waals surface area contributed by atoms with E-state index in [1.165, 1.54) is 18.4 Å². The fraction of sp³-hybridized carbons (Fsp3) is 0.429. The molecule has 0 bridgehead atoms. The number of nitrogens with zero attached hydrogens (tertiary/aromatic N) is 3. The number of hydrogen-bond donors (Lipinski definition) is 0. The number of para-hydroxylation sites is 1. The normalized spacial score (nSPS) is 19.0. The third-order valence-corrected chi connectivity index (χ3v) is 5.35. The van der Waals surface area contributed by atoms with Crippen LogP contribution < -0.4 is 9.80 Å². The summed E-state index contributed by atoms with van der Waals surface area (Å²) < 4.78 is 0. The summed E-state index contributed by atoms with van der Waals surface area (Å²) >= 11 is 0. The molecule has 1 fully saturated rings. The van der Waals surface area contributed by atoms with Gasteiger partial charge in [-0.15, -0.1) is 0 Å². The Morgan fingerprint density at radius 3 is 2.72 bits per heavy atom. The van der Waals surface area contributed by atoms with Gasteiger partial charge in [0.15, 0.2) is 0 Å². The number of piperidine rings is 1. The second kappa shape index (κ2) is 6.17. The molecule has 3 heterocycles. The Balaban J connectivity index is 1.52. The van der Waals surface area contributed by atoms with Crippen molar-refractivity contribution in [2.24, 2.45) is 5.41 Å². The molecule has 0 saturated carbocycles. The van der Waals surface area contributed by atoms with Gasteiger partial charge in [0.05, 0.1) is 5.56 Å². The molecule has 1 aromatic heterocycles. The van der Waals surface area contributed by atoms with Crippen LogP contribution in [0.4, 0.5) is 11.5 Å². The summed E-state index contributed by atoms with van der Waals surface area (Å²) in [4.78, 5) is 21.7. The Labute approximate surface area is 149 Å². The summed E-state index contributed by atoms with van der Waals surface area (Å²) in [6.07, 6.45) is 5.12. The van der Waals surface area contributed by atoms with Crippen LogP contribution in [0.15, 0.2) is 42.6 Å². The van der Waals surface area contributed by atoms with Gasteiger partial charge in [-0.3, -0.25) is 4.79 Å². The number of aromatic nitrogens is 1. The second-order valence-electron chi connectivity index (χ2n) is 7.93. The van der Waals surface area contributed by atoms with Crippen molar-refractivity contribution in [3.05, 3.63) is 53.7 Å². The number of carbonyl (C=O) groups is 1. The van der Waals surface area contributed by atoms with Crippen molar-refractivity contribution >= 4 is 17.4 Å². The number of benzene rings is 1. The molecule has 0 atom stereocenters. The number of carbonyl (C=O) groups excluding carboxylic acids is 1. The highest BCUT2D eigenvalue weighted by Gasteiger charge is 2.28. The van der Waals surface area contributed by atoms with Gasteiger partial charge < -0.3 is 9.80 Å². The number of rotatable bonds is 2. The molecular weight excluding hydrogens is 310 g/mol. The van der Waals surface area contributed by atoms with Crippen molar-refractivity contribution in [1.29, 1.82) is 0 Å². The summed E-state index contributed by atoms with van der Waals surface area (Å²) in [7, 11) is 0. The Bertz CT molecular complexity index is 782. The smallest absolute Gasteiger partial charge is 0.259 e. The van der Waals surface area contributed by atoms with E-state index in [0.29, 0.717) is 11.0 Å². The van der Waals surface area contributed by atoms with E-state index in [9.17, 15) is 4.79 Å². The lowest BCUT2D eigenvalue weighted by Gasteiger charge is -2.38. The highest BCUT2D eigenvalue weighted by Crippen LogP contribution is 2.31. The highest BCUT2D eigenvalue weighted by molar-refractivity contribution is 6.07. The van der Waals surface area contributed by atoms with Gasteiger partial charge in [-0.25, -0.2) is 4.98 Å². The van der Waals surface area contributed by atoms with Crippen molar-refractivity contribution in [3.63, 3.8) is 0 Å². The van der Waals surface area contributed by atoms with Gasteiger partial charge in [0.25, 0.3) is 5.91 Å². The predicted octanol–water partition coefficient (Wildman–Crippen LogP) is 3.91. The first-order chi connectivity index (χ1) is 12.0. The van der Waals surface area contributed by atoms with E-state index in [-0.39, 0.29) is 5.91 Å². The van der Waals surface area contributed by atoms with Crippen LogP contribution in [-0.4, -0.2) is 30.5 Å². The summed E-state index contributed by atoms with van der Waals surface area (Å²) in [6.45, 7) is 7.43. The summed E-state index contributed by atoms with van der Waals surface area (Å²) in [5, 5.41) is 0. The molecule has 2 aromatic rings. The van der Waals surface area contributed by atoms with Gasteiger partial charge in [-0.05, 0) is 48.4 Å². The Kier molecular flexibility index (Phi) is 3.98. The Morgan fingerprint density at radius 2 is 1.96 bits per heavy atom. The van der Waals surface area contributed by atoms with Crippen LogP contribution in [0, 0.1) is 5.41 Å². The molecular formula is C21H25N3O. The molecule has 1 saturated heterocycles. The maximum Gasteiger partial charge on any atom is 0.259 e. The van der Waals surface area contributed by atoms with E-state index in [1.807, 2.05) is 35.2 Å². The first-order valence-electron chi connectivity index (χ1n) is 9.14. The lowest BCUT2D eigenvalue weighted by Crippen LogP contribution is -2.40. The Hall–Kier alpha value is -2.36. The van der Waals surface area contributed by atoms with Crippen LogP contribution >= 0.6 is 0 Å². The molecule has 25 heavy (non-hydrogen) atoms. The summed E-state index contributed by atoms with van der Waals surface area (Å²) in [6, 6.07) is 12.1. The zero-order valence-electron chi connectivity index (χ0n) is 15.0. The molecule has 2 aliphatic rings. The molecule has 0 unspecified atom stereocenters. The number of fused-ring (bicyclic) bond motifs is 1. The summed E-state index contributed by atoms with van der Waals surface area (Å²) in [5.74, 6) is 1.02. The van der Waals surface area contributed by atoms with Crippen molar-refractivity contribution in [1.82, 2.24) is 4.98 Å². The minimum Gasteiger partial charge on any atom is -0.356 e. The van der Waals surface area contributed by atoms with Crippen LogP contribution in [0.1, 0.15) is 42.6 Å². The second-order valence-corrected chi connectivity index (χ2v) is 7.93. The molecule has 4 nitrogen and oxygen atoms in total. The zero-order chi connectivity index (χ0) is 17.4. The van der Waals surface area contributed by atoms with Crippen LogP contribution in [0.5, 0.6) is 0 Å². The lowest BCUT2D eigenvalue weighted by atomic mass is 9.84. The SMILES string of the molecule is CC1(C)CCCN(c2ccc(C(=O)N3CCc4ccccc43)cn2)C1. The van der Waals surface area contributed by atoms with Gasteiger partial charge >= 0.3 is 0 Å². The van der Waals surface area contributed by atoms with Crippen molar-refractivity contribution in [2.45, 2.75) is 33.1 Å². The Morgan fingerprint density at radius 1 is 1.12 bits per heavy atom. The van der Waals surface area contributed by atoms with E-state index in [2.05, 4.69) is 29.8 Å². The first kappa shape index (κ1) is 16.1. The summed E-state index contributed by atoms with van der Waals surface area (Å²) in [5.41, 5.74) is 3.27. The average molecular weight is 335 g/mol. The van der Waals surface area contributed by atoms with Gasteiger partial charge in [0, 0.05) is 31.5 Å². The predicted molar refractivity (Wildman–Crippen MR) is 101 cm³/mol. The topological polar surface area (TPSA) is 36.4 Å². The van der Waals surface area contributed by atoms with Crippen LogP contribution in [0.3, 0.4) is 0 Å². The maximum atomic E-state index is 12.9. The molecule has 0 N–H and O–H groups in total. The largest absolute Gasteiger partial charge is 0.356 e. The molecule has 130 valence electrons. The van der Waals surface area contributed by atoms with Crippen molar-refractivity contribution in [2.75, 3.05) is 29.4 Å². The van der Waals surface area contributed by atoms with E-state index in [0.717, 1.165) is 37.6 Å². The molecule has 0 spiro atoms. The van der Waals surface area contributed by atoms with Crippen molar-refractivity contribution < 1.29 is 4.79 Å². The third kappa shape index (κ3) is 3.13. The van der Waals surface area contributed by atoms with Crippen LogP contribution in [0.2, 0.25) is 0 Å². The zero-order valence-corrected chi connectivity index (χ0v) is 15.0. The van der Waals surface area contributed by atoms with E-state index < -0.39 is 0 Å². The number of amides is 1. The van der Waals surface area contributed by atoms with E-state index in [1.54, 1.807) is 6.20 Å². The van der Waals surface area contributed by atoms with Crippen molar-refractivity contribution in [3.8, 4) is 0 Å². The van der Waals surface area contributed by atoms with Gasteiger partial charge in [-0.2, -0.15) is 0 Å². The van der Waals surface area contributed by atoms with E-state index >= 15 is 0 Å². The quantitative estimate of drug-likeness (QED) is 0.835. The molecule has 0 radical (unpaired) electrons. The van der Waals surface area contributed by atoms with Gasteiger partial charge in [0.2, 0.25) is 0 Å². The maximum absolute atomic E-state index is 12.9. The molecule has 4 heteroatoms. The fourth-order valence-corrected chi connectivity index (χ4v) is 4.02. The molecule has 1 amide bonds. The van der Waals surface area contributed by atoms with Crippen LogP contribution in [0.25, 0.3) is 0 Å². The average Bonchev–Trinajstić information content (AvgIpc) is 3.04. The number of hydrogen-bond acceptors (Lipinski definition) is 3. The monoisotopic (exact) mass is 335 g/mol. The lowest BCUT2D eigenvalue weighted by molar-refractivity contribution is 0.0989. The molecule has 4 rings (SSSR count). The molecule has 0 aliphatic carbocycles. The fourth-order valence-electron chi connectivity index (χ4n) is 4.02. The molecule has 1 aromatic carbocycles. The van der Waals surface area contributed by atoms with E-state index in [4.69, 9.17) is 0 Å². The minimum atomic E-state index is 0.0444. The number of anilines is 2. The first-order valence-corrected chi connectivity index (χ1v) is 9.14. The van der Waals surface area contributed by atoms with Crippen LogP contribution in [-0.2, 0) is 6.42 Å². The standard InChI is InChI=1S/C21H25N3O/c1-21(2)11-5-12-23(15-21)19-9-8-17(14-22-19)20(25)24-13-10-16-6-3-4-7-18(16)24/h3-4,6-9,14H,5,10-13,15H2,1-2H3. The minimum absolute atomic E-state index is 0.0444. The number of pyridine rings is 1.